The topological polar surface area (TPSA) is 129 Å². The van der Waals surface area contributed by atoms with Crippen LogP contribution in [0.5, 0.6) is 0 Å². The van der Waals surface area contributed by atoms with Crippen LogP contribution in [0.3, 0.4) is 0 Å². The zero-order valence-corrected chi connectivity index (χ0v) is 28.2. The molecule has 2 N–H and O–H groups in total. The van der Waals surface area contributed by atoms with E-state index in [4.69, 9.17) is 14.2 Å². The quantitative estimate of drug-likeness (QED) is 0.219. The molecule has 2 aromatic rings. The number of hydrogen-bond donors (Lipinski definition) is 2. The van der Waals surface area contributed by atoms with Crippen LogP contribution in [0.2, 0.25) is 0 Å². The van der Waals surface area contributed by atoms with Crippen LogP contribution in [0.15, 0.2) is 48.8 Å². The minimum absolute atomic E-state index is 0.0647. The van der Waals surface area contributed by atoms with Gasteiger partial charge in [-0.25, -0.2) is 19.6 Å². The van der Waals surface area contributed by atoms with E-state index in [0.717, 1.165) is 57.8 Å². The number of hydrogen-bond acceptors (Lipinski definition) is 8. The number of methoxy groups -OCH3 is 1. The highest BCUT2D eigenvalue weighted by molar-refractivity contribution is 5.83. The smallest absolute Gasteiger partial charge is 0.413 e. The third-order valence-corrected chi connectivity index (χ3v) is 12.8. The maximum atomic E-state index is 13.4. The Morgan fingerprint density at radius 3 is 2.19 bits per heavy atom. The van der Waals surface area contributed by atoms with Crippen molar-refractivity contribution in [1.29, 1.82) is 0 Å². The van der Waals surface area contributed by atoms with E-state index < -0.39 is 12.2 Å². The number of rotatable bonds is 8. The number of amides is 2. The van der Waals surface area contributed by atoms with Gasteiger partial charge in [-0.2, -0.15) is 0 Å². The lowest BCUT2D eigenvalue weighted by molar-refractivity contribution is -0.174. The summed E-state index contributed by atoms with van der Waals surface area (Å²) in [6, 6.07) is 10.8. The SMILES string of the molecule is COC(=O)CC[C@@H](C)[C@H]1CC[C@H]2[C@@H]3CC[C@@H]4C[C@H](OC(=O)Nc5ccccn5)CC[C@]4(C)[C@H]3C[C@H](OC(=O)Nc3ccccn3)[C@]12C. The molecule has 2 amide bonds. The van der Waals surface area contributed by atoms with Gasteiger partial charge in [0.2, 0.25) is 0 Å². The molecule has 0 unspecified atom stereocenters. The van der Waals surface area contributed by atoms with E-state index in [0.29, 0.717) is 53.6 Å². The number of fused-ring (bicyclic) bond motifs is 5. The first kappa shape index (κ1) is 33.2. The number of pyridine rings is 2. The number of nitrogens with zero attached hydrogens (tertiary/aromatic N) is 2. The zero-order valence-electron chi connectivity index (χ0n) is 28.2. The standard InChI is InChI=1S/C37H50N4O6/c1-23(11-16-33(42)45-4)27-14-15-28-26-13-12-24-21-25(46-34(43)40-31-9-5-7-19-38-31)17-18-36(24,2)29(26)22-30(37(27,28)3)47-35(44)41-32-10-6-8-20-39-32/h5-10,19-20,23-30H,11-18,21-22H2,1-4H3,(H,38,40,43)(H,39,41,44)/t23-,24-,25-,26+,27-,28+,29+,30+,36+,37-/m1/s1. The number of carbonyl (C=O) groups excluding carboxylic acids is 3. The molecular formula is C37H50N4O6. The van der Waals surface area contributed by atoms with Gasteiger partial charge in [0, 0.05) is 24.2 Å². The van der Waals surface area contributed by atoms with Crippen molar-refractivity contribution in [3.8, 4) is 0 Å². The second kappa shape index (κ2) is 13.8. The summed E-state index contributed by atoms with van der Waals surface area (Å²) < 4.78 is 17.4. The number of carbonyl (C=O) groups is 3. The minimum atomic E-state index is -0.464. The molecule has 6 rings (SSSR count). The molecule has 4 aliphatic carbocycles. The van der Waals surface area contributed by atoms with E-state index in [2.05, 4.69) is 41.4 Å². The van der Waals surface area contributed by atoms with Crippen LogP contribution < -0.4 is 10.6 Å². The van der Waals surface area contributed by atoms with Crippen molar-refractivity contribution < 1.29 is 28.6 Å². The lowest BCUT2D eigenvalue weighted by Crippen LogP contribution is -2.60. The van der Waals surface area contributed by atoms with Gasteiger partial charge in [0.05, 0.1) is 7.11 Å². The fraction of sp³-hybridized carbons (Fsp3) is 0.649. The molecule has 10 nitrogen and oxygen atoms in total. The summed E-state index contributed by atoms with van der Waals surface area (Å²) in [4.78, 5) is 46.7. The van der Waals surface area contributed by atoms with Crippen molar-refractivity contribution in [3.05, 3.63) is 48.8 Å². The summed E-state index contributed by atoms with van der Waals surface area (Å²) >= 11 is 0. The molecule has 4 saturated carbocycles. The van der Waals surface area contributed by atoms with Crippen molar-refractivity contribution >= 4 is 29.8 Å². The van der Waals surface area contributed by atoms with Crippen LogP contribution in [0.25, 0.3) is 0 Å². The van der Waals surface area contributed by atoms with Crippen molar-refractivity contribution in [1.82, 2.24) is 9.97 Å². The maximum absolute atomic E-state index is 13.4. The summed E-state index contributed by atoms with van der Waals surface area (Å²) in [5.41, 5.74) is -0.138. The summed E-state index contributed by atoms with van der Waals surface area (Å²) in [5, 5.41) is 5.63. The molecule has 10 atom stereocenters. The van der Waals surface area contributed by atoms with Crippen molar-refractivity contribution in [2.45, 2.75) is 97.2 Å². The maximum Gasteiger partial charge on any atom is 0.413 e. The molecule has 4 aliphatic rings. The number of nitrogens with one attached hydrogen (secondary N) is 2. The van der Waals surface area contributed by atoms with Gasteiger partial charge < -0.3 is 14.2 Å². The summed E-state index contributed by atoms with van der Waals surface area (Å²) in [6.45, 7) is 7.05. The van der Waals surface area contributed by atoms with Gasteiger partial charge in [-0.3, -0.25) is 15.4 Å². The first-order chi connectivity index (χ1) is 22.6. The normalized spacial score (nSPS) is 34.9. The fourth-order valence-corrected chi connectivity index (χ4v) is 10.5. The molecule has 0 saturated heterocycles. The largest absolute Gasteiger partial charge is 0.469 e. The van der Waals surface area contributed by atoms with Gasteiger partial charge in [-0.1, -0.05) is 32.9 Å². The molecule has 47 heavy (non-hydrogen) atoms. The Morgan fingerprint density at radius 2 is 1.55 bits per heavy atom. The molecule has 254 valence electrons. The van der Waals surface area contributed by atoms with E-state index in [1.807, 2.05) is 24.3 Å². The molecule has 10 heteroatoms. The molecular weight excluding hydrogens is 596 g/mol. The first-order valence-electron chi connectivity index (χ1n) is 17.5. The molecule has 2 heterocycles. The number of anilines is 2. The third-order valence-electron chi connectivity index (χ3n) is 12.8. The fourth-order valence-electron chi connectivity index (χ4n) is 10.5. The second-order valence-corrected chi connectivity index (χ2v) is 14.9. The Bertz CT molecular complexity index is 1410. The van der Waals surface area contributed by atoms with Crippen molar-refractivity contribution in [2.24, 2.45) is 46.3 Å². The number of aromatic nitrogens is 2. The Labute approximate surface area is 278 Å². The van der Waals surface area contributed by atoms with Crippen molar-refractivity contribution in [3.63, 3.8) is 0 Å². The average Bonchev–Trinajstić information content (AvgIpc) is 3.43. The molecule has 0 radical (unpaired) electrons. The monoisotopic (exact) mass is 646 g/mol. The van der Waals surface area contributed by atoms with Crippen LogP contribution >= 0.6 is 0 Å². The Balaban J connectivity index is 1.20. The Morgan fingerprint density at radius 1 is 0.872 bits per heavy atom. The molecule has 4 fully saturated rings. The van der Waals surface area contributed by atoms with E-state index in [9.17, 15) is 14.4 Å². The van der Waals surface area contributed by atoms with Gasteiger partial charge in [0.25, 0.3) is 0 Å². The van der Waals surface area contributed by atoms with Crippen LogP contribution in [-0.2, 0) is 19.0 Å². The van der Waals surface area contributed by atoms with Gasteiger partial charge in [-0.05, 0) is 123 Å². The predicted octanol–water partition coefficient (Wildman–Crippen LogP) is 7.87. The van der Waals surface area contributed by atoms with E-state index in [1.54, 1.807) is 24.5 Å². The lowest BCUT2D eigenvalue weighted by Gasteiger charge is -2.62. The predicted molar refractivity (Wildman–Crippen MR) is 177 cm³/mol. The lowest BCUT2D eigenvalue weighted by atomic mass is 9.43. The molecule has 2 aromatic heterocycles. The molecule has 0 spiro atoms. The van der Waals surface area contributed by atoms with Gasteiger partial charge in [0.15, 0.2) is 0 Å². The number of esters is 1. The van der Waals surface area contributed by atoms with E-state index >= 15 is 0 Å². The molecule has 0 aliphatic heterocycles. The van der Waals surface area contributed by atoms with E-state index in [-0.39, 0.29) is 29.0 Å². The third kappa shape index (κ3) is 6.70. The highest BCUT2D eigenvalue weighted by Gasteiger charge is 2.65. The Kier molecular flexibility index (Phi) is 9.76. The van der Waals surface area contributed by atoms with Crippen molar-refractivity contribution in [2.75, 3.05) is 17.7 Å². The molecule has 0 bridgehead atoms. The minimum Gasteiger partial charge on any atom is -0.469 e. The van der Waals surface area contributed by atoms with Crippen LogP contribution in [0.1, 0.15) is 85.0 Å². The highest BCUT2D eigenvalue weighted by atomic mass is 16.6. The van der Waals surface area contributed by atoms with Crippen LogP contribution in [0, 0.1) is 46.3 Å². The number of ether oxygens (including phenoxy) is 3. The van der Waals surface area contributed by atoms with Gasteiger partial charge in [-0.15, -0.1) is 0 Å². The Hall–Kier alpha value is -3.69. The van der Waals surface area contributed by atoms with Gasteiger partial charge >= 0.3 is 18.2 Å². The summed E-state index contributed by atoms with van der Waals surface area (Å²) in [7, 11) is 1.44. The first-order valence-corrected chi connectivity index (χ1v) is 17.5. The summed E-state index contributed by atoms with van der Waals surface area (Å²) in [6.07, 6.45) is 11.0. The summed E-state index contributed by atoms with van der Waals surface area (Å²) in [5.74, 6) is 3.20. The zero-order chi connectivity index (χ0) is 33.2. The van der Waals surface area contributed by atoms with Crippen LogP contribution in [0.4, 0.5) is 21.2 Å². The highest BCUT2D eigenvalue weighted by Crippen LogP contribution is 2.69. The van der Waals surface area contributed by atoms with E-state index in [1.165, 1.54) is 7.11 Å². The second-order valence-electron chi connectivity index (χ2n) is 14.9. The average molecular weight is 647 g/mol. The van der Waals surface area contributed by atoms with Crippen LogP contribution in [-0.4, -0.2) is 47.4 Å². The van der Waals surface area contributed by atoms with Gasteiger partial charge in [0.1, 0.15) is 23.8 Å². The molecule has 0 aromatic carbocycles.